The van der Waals surface area contributed by atoms with Gasteiger partial charge in [0.1, 0.15) is 12.1 Å². The zero-order valence-electron chi connectivity index (χ0n) is 7.85. The standard InChI is InChI=1S/C9H6FN3O2S/c10-6-3-5(8(14)15)1-2-7(6)16-9-11-4-12-13-9/h1-4H,(H,14,15)(H,11,12,13). The topological polar surface area (TPSA) is 78.9 Å². The first-order valence-electron chi connectivity index (χ1n) is 4.23. The predicted molar refractivity (Wildman–Crippen MR) is 53.9 cm³/mol. The van der Waals surface area contributed by atoms with Gasteiger partial charge in [-0.3, -0.25) is 5.10 Å². The maximum atomic E-state index is 13.5. The highest BCUT2D eigenvalue weighted by molar-refractivity contribution is 7.99. The highest BCUT2D eigenvalue weighted by atomic mass is 32.2. The van der Waals surface area contributed by atoms with E-state index in [-0.39, 0.29) is 5.56 Å². The maximum absolute atomic E-state index is 13.5. The third kappa shape index (κ3) is 2.19. The van der Waals surface area contributed by atoms with Gasteiger partial charge < -0.3 is 5.11 Å². The van der Waals surface area contributed by atoms with Crippen LogP contribution in [0.15, 0.2) is 34.6 Å². The van der Waals surface area contributed by atoms with Crippen molar-refractivity contribution in [1.29, 1.82) is 0 Å². The molecule has 2 rings (SSSR count). The predicted octanol–water partition coefficient (Wildman–Crippen LogP) is 1.79. The molecule has 1 heterocycles. The number of hydrogen-bond donors (Lipinski definition) is 2. The van der Waals surface area contributed by atoms with E-state index in [0.29, 0.717) is 10.1 Å². The van der Waals surface area contributed by atoms with E-state index in [0.717, 1.165) is 17.8 Å². The number of hydrogen-bond acceptors (Lipinski definition) is 4. The SMILES string of the molecule is O=C(O)c1ccc(Sc2ncn[nH]2)c(F)c1. The summed E-state index contributed by atoms with van der Waals surface area (Å²) >= 11 is 1.04. The van der Waals surface area contributed by atoms with E-state index in [2.05, 4.69) is 15.2 Å². The highest BCUT2D eigenvalue weighted by Crippen LogP contribution is 2.27. The molecule has 0 spiro atoms. The average molecular weight is 239 g/mol. The number of nitrogens with zero attached hydrogens (tertiary/aromatic N) is 2. The Bertz CT molecular complexity index is 515. The van der Waals surface area contributed by atoms with Crippen molar-refractivity contribution in [3.8, 4) is 0 Å². The van der Waals surface area contributed by atoms with Crippen molar-refractivity contribution in [3.63, 3.8) is 0 Å². The quantitative estimate of drug-likeness (QED) is 0.853. The summed E-state index contributed by atoms with van der Waals surface area (Å²) in [5.41, 5.74) is -0.0839. The van der Waals surface area contributed by atoms with Crippen molar-refractivity contribution in [1.82, 2.24) is 15.2 Å². The number of aromatic nitrogens is 3. The Labute approximate surface area is 93.7 Å². The van der Waals surface area contributed by atoms with Crippen molar-refractivity contribution in [2.75, 3.05) is 0 Å². The zero-order valence-corrected chi connectivity index (χ0v) is 8.66. The van der Waals surface area contributed by atoms with Gasteiger partial charge in [0.25, 0.3) is 0 Å². The largest absolute Gasteiger partial charge is 0.478 e. The van der Waals surface area contributed by atoms with Crippen LogP contribution in [0.2, 0.25) is 0 Å². The van der Waals surface area contributed by atoms with Crippen molar-refractivity contribution in [2.24, 2.45) is 0 Å². The van der Waals surface area contributed by atoms with Gasteiger partial charge in [-0.05, 0) is 30.0 Å². The average Bonchev–Trinajstić information content (AvgIpc) is 2.73. The first-order valence-corrected chi connectivity index (χ1v) is 5.04. The summed E-state index contributed by atoms with van der Waals surface area (Å²) in [5, 5.41) is 15.3. The Morgan fingerprint density at radius 2 is 2.31 bits per heavy atom. The van der Waals surface area contributed by atoms with Crippen LogP contribution in [0.3, 0.4) is 0 Å². The molecule has 82 valence electrons. The van der Waals surface area contributed by atoms with Gasteiger partial charge >= 0.3 is 5.97 Å². The van der Waals surface area contributed by atoms with Gasteiger partial charge in [0.2, 0.25) is 0 Å². The Morgan fingerprint density at radius 3 is 2.88 bits per heavy atom. The number of carboxylic acids is 1. The number of aromatic amines is 1. The van der Waals surface area contributed by atoms with Crippen molar-refractivity contribution in [3.05, 3.63) is 35.9 Å². The molecule has 0 saturated carbocycles. The summed E-state index contributed by atoms with van der Waals surface area (Å²) in [5.74, 6) is -1.75. The summed E-state index contributed by atoms with van der Waals surface area (Å²) in [6.45, 7) is 0. The van der Waals surface area contributed by atoms with E-state index in [4.69, 9.17) is 5.11 Å². The Morgan fingerprint density at radius 1 is 1.50 bits per heavy atom. The lowest BCUT2D eigenvalue weighted by atomic mass is 10.2. The number of carbonyl (C=O) groups is 1. The number of halogens is 1. The van der Waals surface area contributed by atoms with Crippen LogP contribution in [0.25, 0.3) is 0 Å². The Hall–Kier alpha value is -1.89. The van der Waals surface area contributed by atoms with Crippen LogP contribution in [0.1, 0.15) is 10.4 Å². The van der Waals surface area contributed by atoms with Crippen LogP contribution in [-0.2, 0) is 0 Å². The molecule has 2 N–H and O–H groups in total. The van der Waals surface area contributed by atoms with Gasteiger partial charge in [-0.1, -0.05) is 0 Å². The molecule has 0 radical (unpaired) electrons. The van der Waals surface area contributed by atoms with E-state index in [9.17, 15) is 9.18 Å². The first kappa shape index (κ1) is 10.6. The van der Waals surface area contributed by atoms with Crippen molar-refractivity contribution < 1.29 is 14.3 Å². The molecule has 0 atom stereocenters. The summed E-state index contributed by atoms with van der Waals surface area (Å²) < 4.78 is 13.5. The molecular weight excluding hydrogens is 233 g/mol. The van der Waals surface area contributed by atoms with E-state index in [1.807, 2.05) is 0 Å². The normalized spacial score (nSPS) is 10.3. The number of nitrogens with one attached hydrogen (secondary N) is 1. The zero-order chi connectivity index (χ0) is 11.5. The smallest absolute Gasteiger partial charge is 0.335 e. The molecule has 5 nitrogen and oxygen atoms in total. The van der Waals surface area contributed by atoms with E-state index >= 15 is 0 Å². The molecule has 2 aromatic rings. The third-order valence-corrected chi connectivity index (χ3v) is 2.72. The monoisotopic (exact) mass is 239 g/mol. The van der Waals surface area contributed by atoms with Gasteiger partial charge in [-0.15, -0.1) is 0 Å². The summed E-state index contributed by atoms with van der Waals surface area (Å²) in [6.07, 6.45) is 1.31. The van der Waals surface area contributed by atoms with Gasteiger partial charge in [0.05, 0.1) is 10.5 Å². The number of benzene rings is 1. The van der Waals surface area contributed by atoms with Crippen LogP contribution in [-0.4, -0.2) is 26.3 Å². The fraction of sp³-hybridized carbons (Fsp3) is 0. The summed E-state index contributed by atoms with van der Waals surface area (Å²) in [7, 11) is 0. The van der Waals surface area contributed by atoms with E-state index < -0.39 is 11.8 Å². The van der Waals surface area contributed by atoms with E-state index in [1.54, 1.807) is 0 Å². The van der Waals surface area contributed by atoms with Crippen molar-refractivity contribution >= 4 is 17.7 Å². The highest BCUT2D eigenvalue weighted by Gasteiger charge is 2.10. The molecule has 1 aromatic heterocycles. The number of H-pyrrole nitrogens is 1. The minimum atomic E-state index is -1.16. The lowest BCUT2D eigenvalue weighted by molar-refractivity contribution is 0.0696. The number of aromatic carboxylic acids is 1. The molecule has 0 bridgehead atoms. The second-order valence-electron chi connectivity index (χ2n) is 2.84. The first-order chi connectivity index (χ1) is 7.66. The van der Waals surface area contributed by atoms with E-state index in [1.165, 1.54) is 18.5 Å². The van der Waals surface area contributed by atoms with Gasteiger partial charge in [0, 0.05) is 0 Å². The van der Waals surface area contributed by atoms with Crippen molar-refractivity contribution in [2.45, 2.75) is 10.1 Å². The summed E-state index contributed by atoms with van der Waals surface area (Å²) in [4.78, 5) is 14.7. The minimum Gasteiger partial charge on any atom is -0.478 e. The summed E-state index contributed by atoms with van der Waals surface area (Å²) in [6, 6.07) is 3.71. The molecule has 0 aliphatic heterocycles. The number of carboxylic acid groups (broad SMARTS) is 1. The molecule has 0 saturated heterocycles. The van der Waals surface area contributed by atoms with Gasteiger partial charge in [0.15, 0.2) is 5.16 Å². The van der Waals surface area contributed by atoms with Crippen LogP contribution >= 0.6 is 11.8 Å². The number of rotatable bonds is 3. The fourth-order valence-electron chi connectivity index (χ4n) is 1.06. The molecule has 0 amide bonds. The maximum Gasteiger partial charge on any atom is 0.335 e. The second kappa shape index (κ2) is 4.31. The molecular formula is C9H6FN3O2S. The van der Waals surface area contributed by atoms with Crippen LogP contribution in [0, 0.1) is 5.82 Å². The molecule has 7 heteroatoms. The minimum absolute atomic E-state index is 0.0839. The van der Waals surface area contributed by atoms with Crippen LogP contribution in [0.5, 0.6) is 0 Å². The molecule has 0 fully saturated rings. The molecule has 16 heavy (non-hydrogen) atoms. The molecule has 0 unspecified atom stereocenters. The van der Waals surface area contributed by atoms with Crippen LogP contribution in [0.4, 0.5) is 4.39 Å². The second-order valence-corrected chi connectivity index (χ2v) is 3.87. The molecule has 0 aliphatic carbocycles. The fourth-order valence-corrected chi connectivity index (χ4v) is 1.76. The molecule has 0 aliphatic rings. The van der Waals surface area contributed by atoms with Crippen LogP contribution < -0.4 is 0 Å². The third-order valence-electron chi connectivity index (χ3n) is 1.78. The van der Waals surface area contributed by atoms with Gasteiger partial charge in [-0.2, -0.15) is 5.10 Å². The van der Waals surface area contributed by atoms with Gasteiger partial charge in [-0.25, -0.2) is 14.2 Å². The lowest BCUT2D eigenvalue weighted by Gasteiger charge is -2.01. The Balaban J connectivity index is 2.26. The Kier molecular flexibility index (Phi) is 2.86. The lowest BCUT2D eigenvalue weighted by Crippen LogP contribution is -1.97. The molecule has 1 aromatic carbocycles.